The zero-order chi connectivity index (χ0) is 28.5. The number of thiazole rings is 1. The van der Waals surface area contributed by atoms with Gasteiger partial charge in [-0.2, -0.15) is 13.1 Å². The average Bonchev–Trinajstić information content (AvgIpc) is 3.58. The maximum absolute atomic E-state index is 13.0. The number of amides is 1. The SMILES string of the molecule is [CH2]CS(=O)(=O)C(c1nnc(CNS(N)(=O)=O)o1)c1nc2ccc(-c3ccc(C(=O)N4CCOCC4)cc3)cc2s1. The van der Waals surface area contributed by atoms with Gasteiger partial charge in [0.2, 0.25) is 11.8 Å². The second kappa shape index (κ2) is 11.3. The van der Waals surface area contributed by atoms with E-state index in [1.807, 2.05) is 29.0 Å². The van der Waals surface area contributed by atoms with Crippen LogP contribution < -0.4 is 9.86 Å². The predicted octanol–water partition coefficient (Wildman–Crippen LogP) is 1.45. The lowest BCUT2D eigenvalue weighted by atomic mass is 10.0. The highest BCUT2D eigenvalue weighted by Crippen LogP contribution is 2.37. The number of nitrogens with zero attached hydrogens (tertiary/aromatic N) is 4. The van der Waals surface area contributed by atoms with Gasteiger partial charge in [-0.15, -0.1) is 21.5 Å². The first kappa shape index (κ1) is 28.3. The van der Waals surface area contributed by atoms with Gasteiger partial charge < -0.3 is 14.1 Å². The molecule has 2 aromatic carbocycles. The van der Waals surface area contributed by atoms with Gasteiger partial charge in [-0.1, -0.05) is 18.2 Å². The van der Waals surface area contributed by atoms with Crippen LogP contribution in [0.15, 0.2) is 46.9 Å². The van der Waals surface area contributed by atoms with Crippen LogP contribution in [-0.2, 0) is 31.3 Å². The molecule has 1 fully saturated rings. The van der Waals surface area contributed by atoms with Crippen LogP contribution in [0, 0.1) is 6.92 Å². The van der Waals surface area contributed by atoms with Gasteiger partial charge in [0.1, 0.15) is 5.01 Å². The van der Waals surface area contributed by atoms with Crippen molar-refractivity contribution in [1.29, 1.82) is 0 Å². The molecule has 13 nitrogen and oxygen atoms in total. The van der Waals surface area contributed by atoms with Crippen LogP contribution in [0.5, 0.6) is 0 Å². The topological polar surface area (TPSA) is 188 Å². The molecular formula is C24H25N6O7S3. The summed E-state index contributed by atoms with van der Waals surface area (Å²) in [4.78, 5) is 19.0. The smallest absolute Gasteiger partial charge is 0.274 e. The summed E-state index contributed by atoms with van der Waals surface area (Å²) in [5.41, 5.74) is 2.90. The summed E-state index contributed by atoms with van der Waals surface area (Å²) in [6.45, 7) is 5.30. The standard InChI is InChI=1S/C24H25N6O7S3/c1-2-39(32,33)21(22-29-28-20(37-22)14-26-40(25,34)35)23-27-18-8-7-17(13-19(18)38-23)15-3-5-16(6-4-15)24(31)30-9-11-36-12-10-30/h3-8,13,21,26H,1-2,9-12,14H2,(H2,25,34,35). The van der Waals surface area contributed by atoms with Crippen LogP contribution in [-0.4, -0.2) is 74.9 Å². The molecule has 0 aliphatic carbocycles. The maximum atomic E-state index is 13.0. The van der Waals surface area contributed by atoms with Crippen molar-refractivity contribution in [1.82, 2.24) is 24.8 Å². The van der Waals surface area contributed by atoms with Crippen molar-refractivity contribution in [2.75, 3.05) is 32.1 Å². The van der Waals surface area contributed by atoms with Gasteiger partial charge in [-0.05, 0) is 42.3 Å². The van der Waals surface area contributed by atoms with Gasteiger partial charge in [0.05, 0.1) is 35.7 Å². The predicted molar refractivity (Wildman–Crippen MR) is 147 cm³/mol. The van der Waals surface area contributed by atoms with E-state index in [-0.39, 0.29) is 22.7 Å². The Morgan fingerprint density at radius 3 is 2.45 bits per heavy atom. The van der Waals surface area contributed by atoms with Crippen LogP contribution in [0.1, 0.15) is 32.4 Å². The van der Waals surface area contributed by atoms with Gasteiger partial charge in [-0.3, -0.25) is 4.79 Å². The van der Waals surface area contributed by atoms with Crippen molar-refractivity contribution in [2.45, 2.75) is 11.8 Å². The third-order valence-corrected chi connectivity index (χ3v) is 9.66. The van der Waals surface area contributed by atoms with E-state index in [9.17, 15) is 21.6 Å². The molecule has 1 aliphatic rings. The van der Waals surface area contributed by atoms with E-state index in [4.69, 9.17) is 14.3 Å². The third kappa shape index (κ3) is 6.21. The Kier molecular flexibility index (Phi) is 7.98. The normalized spacial score (nSPS) is 15.4. The minimum Gasteiger partial charge on any atom is -0.422 e. The first-order valence-electron chi connectivity index (χ1n) is 12.0. The number of nitrogens with one attached hydrogen (secondary N) is 1. The van der Waals surface area contributed by atoms with Gasteiger partial charge in [0, 0.05) is 18.7 Å². The highest BCUT2D eigenvalue weighted by Gasteiger charge is 2.36. The first-order valence-corrected chi connectivity index (χ1v) is 16.1. The Bertz CT molecular complexity index is 1740. The van der Waals surface area contributed by atoms with E-state index in [1.165, 1.54) is 0 Å². The van der Waals surface area contributed by atoms with Crippen molar-refractivity contribution >= 4 is 47.5 Å². The van der Waals surface area contributed by atoms with Crippen LogP contribution in [0.2, 0.25) is 0 Å². The molecule has 1 atom stereocenters. The lowest BCUT2D eigenvalue weighted by molar-refractivity contribution is 0.0303. The highest BCUT2D eigenvalue weighted by atomic mass is 32.2. The molecule has 1 radical (unpaired) electrons. The molecule has 0 spiro atoms. The van der Waals surface area contributed by atoms with E-state index in [0.29, 0.717) is 37.4 Å². The number of carbonyl (C=O) groups is 1. The minimum atomic E-state index is -4.01. The number of hydrogen-bond donors (Lipinski definition) is 2. The third-order valence-electron chi connectivity index (χ3n) is 6.17. The summed E-state index contributed by atoms with van der Waals surface area (Å²) >= 11 is 1.16. The van der Waals surface area contributed by atoms with Crippen LogP contribution in [0.4, 0.5) is 0 Å². The second-order valence-electron chi connectivity index (χ2n) is 8.86. The van der Waals surface area contributed by atoms with Gasteiger partial charge in [0.15, 0.2) is 15.1 Å². The Labute approximate surface area is 234 Å². The molecule has 1 aliphatic heterocycles. The maximum Gasteiger partial charge on any atom is 0.274 e. The summed E-state index contributed by atoms with van der Waals surface area (Å²) in [6.07, 6.45) is 0. The van der Waals surface area contributed by atoms with Crippen LogP contribution in [0.25, 0.3) is 21.3 Å². The fourth-order valence-corrected chi connectivity index (χ4v) is 7.01. The number of fused-ring (bicyclic) bond motifs is 1. The molecule has 2 aromatic heterocycles. The fraction of sp³-hybridized carbons (Fsp3) is 0.292. The molecule has 3 heterocycles. The van der Waals surface area contributed by atoms with Gasteiger partial charge >= 0.3 is 0 Å². The summed E-state index contributed by atoms with van der Waals surface area (Å²) in [6, 6.07) is 12.8. The number of hydrogen-bond acceptors (Lipinski definition) is 11. The number of nitrogens with two attached hydrogens (primary N) is 1. The Morgan fingerprint density at radius 2 is 1.77 bits per heavy atom. The lowest BCUT2D eigenvalue weighted by Crippen LogP contribution is -2.40. The molecular weight excluding hydrogens is 581 g/mol. The van der Waals surface area contributed by atoms with Gasteiger partial charge in [-0.25, -0.2) is 18.5 Å². The highest BCUT2D eigenvalue weighted by molar-refractivity contribution is 7.92. The van der Waals surface area contributed by atoms with Crippen LogP contribution >= 0.6 is 11.3 Å². The molecule has 1 unspecified atom stereocenters. The average molecular weight is 606 g/mol. The first-order chi connectivity index (χ1) is 19.0. The number of carbonyl (C=O) groups excluding carboxylic acids is 1. The molecule has 16 heteroatoms. The molecule has 3 N–H and O–H groups in total. The number of rotatable bonds is 9. The Balaban J connectivity index is 1.42. The zero-order valence-corrected chi connectivity index (χ0v) is 23.5. The molecule has 1 amide bonds. The van der Waals surface area contributed by atoms with Crippen molar-refractivity contribution in [3.05, 3.63) is 71.7 Å². The Hall–Kier alpha value is -3.28. The molecule has 4 aromatic rings. The number of ether oxygens (including phenoxy) is 1. The van der Waals surface area contributed by atoms with E-state index < -0.39 is 37.6 Å². The van der Waals surface area contributed by atoms with E-state index in [0.717, 1.165) is 27.2 Å². The molecule has 0 saturated carbocycles. The summed E-state index contributed by atoms with van der Waals surface area (Å²) in [5.74, 6) is -0.914. The molecule has 0 bridgehead atoms. The molecule has 40 heavy (non-hydrogen) atoms. The number of benzene rings is 2. The largest absolute Gasteiger partial charge is 0.422 e. The molecule has 211 valence electrons. The summed E-state index contributed by atoms with van der Waals surface area (Å²) in [5, 5.41) is 11.3. The van der Waals surface area contributed by atoms with E-state index in [1.54, 1.807) is 23.1 Å². The summed E-state index contributed by atoms with van der Waals surface area (Å²) < 4.78 is 61.8. The molecule has 1 saturated heterocycles. The van der Waals surface area contributed by atoms with Crippen LogP contribution in [0.3, 0.4) is 0 Å². The second-order valence-corrected chi connectivity index (χ2v) is 13.5. The van der Waals surface area contributed by atoms with Gasteiger partial charge in [0.25, 0.3) is 16.1 Å². The fourth-order valence-electron chi connectivity index (χ4n) is 4.13. The van der Waals surface area contributed by atoms with Crippen molar-refractivity contribution in [3.63, 3.8) is 0 Å². The summed E-state index contributed by atoms with van der Waals surface area (Å²) in [7, 11) is -7.91. The quantitative estimate of drug-likeness (QED) is 0.283. The Morgan fingerprint density at radius 1 is 1.07 bits per heavy atom. The van der Waals surface area contributed by atoms with Crippen molar-refractivity contribution in [3.8, 4) is 11.1 Å². The zero-order valence-electron chi connectivity index (χ0n) is 21.0. The number of morpholine rings is 1. The van der Waals surface area contributed by atoms with E-state index in [2.05, 4.69) is 22.1 Å². The van der Waals surface area contributed by atoms with Crippen molar-refractivity contribution in [2.24, 2.45) is 5.14 Å². The number of aromatic nitrogens is 3. The minimum absolute atomic E-state index is 0.0420. The monoisotopic (exact) mass is 605 g/mol. The lowest BCUT2D eigenvalue weighted by Gasteiger charge is -2.26. The molecule has 5 rings (SSSR count). The van der Waals surface area contributed by atoms with E-state index >= 15 is 0 Å². The number of sulfone groups is 1. The van der Waals surface area contributed by atoms with Crippen molar-refractivity contribution < 1.29 is 30.8 Å².